The molecule has 1 aromatic carbocycles. The van der Waals surface area contributed by atoms with Gasteiger partial charge >= 0.3 is 0 Å². The number of Topliss-reactive ketones (excluding diaryl/α,β-unsaturated/α-hetero) is 1. The molecule has 2 heterocycles. The van der Waals surface area contributed by atoms with Crippen LogP contribution in [0.4, 0.5) is 0 Å². The Morgan fingerprint density at radius 2 is 1.79 bits per heavy atom. The van der Waals surface area contributed by atoms with Crippen molar-refractivity contribution in [2.45, 2.75) is 26.3 Å². The summed E-state index contributed by atoms with van der Waals surface area (Å²) in [5.41, 5.74) is 3.34. The van der Waals surface area contributed by atoms with Gasteiger partial charge in [-0.1, -0.05) is 36.4 Å². The SMILES string of the molecule is Cc1nc2ccccn2c1CNC(=O)CCC(=O)c1ccccc1. The number of fused-ring (bicyclic) bond motifs is 1. The van der Waals surface area contributed by atoms with Crippen LogP contribution in [-0.2, 0) is 11.3 Å². The predicted octanol–water partition coefficient (Wildman–Crippen LogP) is 2.92. The summed E-state index contributed by atoms with van der Waals surface area (Å²) in [7, 11) is 0. The van der Waals surface area contributed by atoms with E-state index in [2.05, 4.69) is 10.3 Å². The van der Waals surface area contributed by atoms with E-state index in [9.17, 15) is 9.59 Å². The number of nitrogens with one attached hydrogen (secondary N) is 1. The van der Waals surface area contributed by atoms with Crippen LogP contribution in [0.1, 0.15) is 34.6 Å². The topological polar surface area (TPSA) is 63.5 Å². The number of benzene rings is 1. The van der Waals surface area contributed by atoms with Gasteiger partial charge in [0.1, 0.15) is 5.65 Å². The molecule has 0 atom stereocenters. The van der Waals surface area contributed by atoms with E-state index < -0.39 is 0 Å². The molecule has 5 nitrogen and oxygen atoms in total. The molecule has 0 fully saturated rings. The zero-order valence-corrected chi connectivity index (χ0v) is 13.5. The Morgan fingerprint density at radius 1 is 1.04 bits per heavy atom. The Morgan fingerprint density at radius 3 is 2.58 bits per heavy atom. The summed E-state index contributed by atoms with van der Waals surface area (Å²) in [4.78, 5) is 28.5. The van der Waals surface area contributed by atoms with Gasteiger partial charge in [-0.25, -0.2) is 4.98 Å². The molecule has 3 aromatic rings. The average molecular weight is 321 g/mol. The van der Waals surface area contributed by atoms with Crippen molar-refractivity contribution in [2.24, 2.45) is 0 Å². The second-order valence-corrected chi connectivity index (χ2v) is 5.64. The second kappa shape index (κ2) is 7.08. The first kappa shape index (κ1) is 15.9. The number of nitrogens with zero attached hydrogens (tertiary/aromatic N) is 2. The largest absolute Gasteiger partial charge is 0.350 e. The number of hydrogen-bond acceptors (Lipinski definition) is 3. The van der Waals surface area contributed by atoms with Crippen LogP contribution < -0.4 is 5.32 Å². The monoisotopic (exact) mass is 321 g/mol. The summed E-state index contributed by atoms with van der Waals surface area (Å²) in [5.74, 6) is -0.152. The first-order chi connectivity index (χ1) is 11.6. The van der Waals surface area contributed by atoms with Crippen molar-refractivity contribution in [3.05, 3.63) is 71.7 Å². The van der Waals surface area contributed by atoms with E-state index >= 15 is 0 Å². The maximum absolute atomic E-state index is 12.0. The average Bonchev–Trinajstić information content (AvgIpc) is 2.93. The van der Waals surface area contributed by atoms with Gasteiger partial charge in [-0.05, 0) is 19.1 Å². The third kappa shape index (κ3) is 3.51. The van der Waals surface area contributed by atoms with Crippen molar-refractivity contribution in [1.82, 2.24) is 14.7 Å². The number of aromatic nitrogens is 2. The fraction of sp³-hybridized carbons (Fsp3) is 0.211. The van der Waals surface area contributed by atoms with Crippen molar-refractivity contribution in [3.63, 3.8) is 0 Å². The number of rotatable bonds is 6. The van der Waals surface area contributed by atoms with Crippen molar-refractivity contribution in [1.29, 1.82) is 0 Å². The Hall–Kier alpha value is -2.95. The number of carbonyl (C=O) groups excluding carboxylic acids is 2. The second-order valence-electron chi connectivity index (χ2n) is 5.64. The maximum atomic E-state index is 12.0. The number of imidazole rings is 1. The van der Waals surface area contributed by atoms with Gasteiger partial charge in [0.2, 0.25) is 5.91 Å². The van der Waals surface area contributed by atoms with Crippen LogP contribution in [0.25, 0.3) is 5.65 Å². The van der Waals surface area contributed by atoms with Crippen LogP contribution in [0.5, 0.6) is 0 Å². The molecule has 0 bridgehead atoms. The molecule has 1 N–H and O–H groups in total. The third-order valence-electron chi connectivity index (χ3n) is 3.96. The lowest BCUT2D eigenvalue weighted by Gasteiger charge is -2.06. The zero-order valence-electron chi connectivity index (χ0n) is 13.5. The number of ketones is 1. The van der Waals surface area contributed by atoms with Crippen LogP contribution in [0.2, 0.25) is 0 Å². The molecule has 0 saturated carbocycles. The van der Waals surface area contributed by atoms with Gasteiger partial charge in [-0.15, -0.1) is 0 Å². The van der Waals surface area contributed by atoms with Gasteiger partial charge in [-0.3, -0.25) is 9.59 Å². The molecular formula is C19H19N3O2. The Kier molecular flexibility index (Phi) is 4.70. The van der Waals surface area contributed by atoms with Gasteiger partial charge in [0.15, 0.2) is 5.78 Å². The molecule has 0 aliphatic rings. The lowest BCUT2D eigenvalue weighted by atomic mass is 10.1. The third-order valence-corrected chi connectivity index (χ3v) is 3.96. The normalized spacial score (nSPS) is 10.7. The fourth-order valence-corrected chi connectivity index (χ4v) is 2.64. The minimum Gasteiger partial charge on any atom is -0.350 e. The molecule has 0 saturated heterocycles. The van der Waals surface area contributed by atoms with E-state index in [-0.39, 0.29) is 24.5 Å². The number of pyridine rings is 1. The summed E-state index contributed by atoms with van der Waals surface area (Å²) in [6, 6.07) is 14.8. The van der Waals surface area contributed by atoms with Gasteiger partial charge in [-0.2, -0.15) is 0 Å². The molecule has 1 amide bonds. The van der Waals surface area contributed by atoms with Crippen LogP contribution in [0.3, 0.4) is 0 Å². The first-order valence-corrected chi connectivity index (χ1v) is 7.92. The minimum absolute atomic E-state index is 0.0169. The van der Waals surface area contributed by atoms with E-state index in [0.717, 1.165) is 17.0 Å². The summed E-state index contributed by atoms with van der Waals surface area (Å²) in [6.07, 6.45) is 2.32. The Labute approximate surface area is 140 Å². The fourth-order valence-electron chi connectivity index (χ4n) is 2.64. The van der Waals surface area contributed by atoms with Crippen LogP contribution in [0.15, 0.2) is 54.7 Å². The molecule has 0 spiro atoms. The number of aryl methyl sites for hydroxylation is 1. The molecule has 0 aliphatic carbocycles. The number of carbonyl (C=O) groups is 2. The van der Waals surface area contributed by atoms with E-state index in [4.69, 9.17) is 0 Å². The van der Waals surface area contributed by atoms with E-state index in [1.165, 1.54) is 0 Å². The smallest absolute Gasteiger partial charge is 0.220 e. The van der Waals surface area contributed by atoms with Crippen molar-refractivity contribution in [2.75, 3.05) is 0 Å². The lowest BCUT2D eigenvalue weighted by molar-refractivity contribution is -0.121. The highest BCUT2D eigenvalue weighted by atomic mass is 16.2. The number of hydrogen-bond donors (Lipinski definition) is 1. The summed E-state index contributed by atoms with van der Waals surface area (Å²) in [5, 5.41) is 2.87. The highest BCUT2D eigenvalue weighted by Gasteiger charge is 2.11. The molecular weight excluding hydrogens is 302 g/mol. The molecule has 0 aliphatic heterocycles. The van der Waals surface area contributed by atoms with Gasteiger partial charge in [0.25, 0.3) is 0 Å². The highest BCUT2D eigenvalue weighted by Crippen LogP contribution is 2.11. The van der Waals surface area contributed by atoms with Gasteiger partial charge in [0.05, 0.1) is 17.9 Å². The molecule has 2 aromatic heterocycles. The van der Waals surface area contributed by atoms with Crippen molar-refractivity contribution >= 4 is 17.3 Å². The lowest BCUT2D eigenvalue weighted by Crippen LogP contribution is -2.24. The zero-order chi connectivity index (χ0) is 16.9. The molecule has 0 unspecified atom stereocenters. The summed E-state index contributed by atoms with van der Waals surface area (Å²) >= 11 is 0. The molecule has 3 rings (SSSR count). The summed E-state index contributed by atoms with van der Waals surface area (Å²) in [6.45, 7) is 2.32. The quantitative estimate of drug-likeness (QED) is 0.710. The van der Waals surface area contributed by atoms with E-state index in [1.807, 2.05) is 53.9 Å². The van der Waals surface area contributed by atoms with Gasteiger partial charge in [0, 0.05) is 24.6 Å². The van der Waals surface area contributed by atoms with Crippen LogP contribution >= 0.6 is 0 Å². The minimum atomic E-state index is -0.135. The number of amides is 1. The highest BCUT2D eigenvalue weighted by molar-refractivity contribution is 5.97. The maximum Gasteiger partial charge on any atom is 0.220 e. The molecule has 24 heavy (non-hydrogen) atoms. The standard InChI is InChI=1S/C19H19N3O2/c1-14-16(22-12-6-5-9-18(22)21-14)13-20-19(24)11-10-17(23)15-7-3-2-4-8-15/h2-9,12H,10-11,13H2,1H3,(H,20,24). The summed E-state index contributed by atoms with van der Waals surface area (Å²) < 4.78 is 1.96. The van der Waals surface area contributed by atoms with Crippen LogP contribution in [0, 0.1) is 6.92 Å². The van der Waals surface area contributed by atoms with Crippen molar-refractivity contribution in [3.8, 4) is 0 Å². The predicted molar refractivity (Wildman–Crippen MR) is 91.8 cm³/mol. The van der Waals surface area contributed by atoms with Gasteiger partial charge < -0.3 is 9.72 Å². The Balaban J connectivity index is 1.56. The molecule has 122 valence electrons. The first-order valence-electron chi connectivity index (χ1n) is 7.92. The Bertz CT molecular complexity index is 869. The molecule has 5 heteroatoms. The van der Waals surface area contributed by atoms with Crippen molar-refractivity contribution < 1.29 is 9.59 Å². The van der Waals surface area contributed by atoms with E-state index in [0.29, 0.717) is 12.1 Å². The van der Waals surface area contributed by atoms with E-state index in [1.54, 1.807) is 12.1 Å². The van der Waals surface area contributed by atoms with Crippen LogP contribution in [-0.4, -0.2) is 21.1 Å². The molecule has 0 radical (unpaired) electrons.